The monoisotopic (exact) mass is 255 g/mol. The molecule has 102 valence electrons. The molecule has 0 saturated carbocycles. The van der Waals surface area contributed by atoms with Crippen LogP contribution in [0, 0.1) is 6.92 Å². The van der Waals surface area contributed by atoms with Crippen molar-refractivity contribution >= 4 is 5.97 Å². The predicted molar refractivity (Wildman–Crippen MR) is 67.1 cm³/mol. The molecule has 1 rings (SSSR count). The zero-order valence-corrected chi connectivity index (χ0v) is 11.1. The summed E-state index contributed by atoms with van der Waals surface area (Å²) in [6.45, 7) is 6.21. The van der Waals surface area contributed by atoms with Gasteiger partial charge in [-0.05, 0) is 32.9 Å². The highest BCUT2D eigenvalue weighted by atomic mass is 16.5. The fourth-order valence-electron chi connectivity index (χ4n) is 1.58. The highest BCUT2D eigenvalue weighted by Gasteiger charge is 2.14. The third-order valence-electron chi connectivity index (χ3n) is 2.56. The molecule has 0 aliphatic rings. The van der Waals surface area contributed by atoms with Crippen LogP contribution < -0.4 is 5.32 Å². The van der Waals surface area contributed by atoms with Crippen LogP contribution in [0.1, 0.15) is 37.8 Å². The van der Waals surface area contributed by atoms with Gasteiger partial charge in [0.2, 0.25) is 0 Å². The lowest BCUT2D eigenvalue weighted by atomic mass is 10.2. The Labute approximate surface area is 107 Å². The van der Waals surface area contributed by atoms with Crippen LogP contribution in [-0.4, -0.2) is 30.3 Å². The largest absolute Gasteiger partial charge is 0.466 e. The second-order valence-corrected chi connectivity index (χ2v) is 4.24. The summed E-state index contributed by atoms with van der Waals surface area (Å²) < 4.78 is 10.2. The Morgan fingerprint density at radius 2 is 2.28 bits per heavy atom. The van der Waals surface area contributed by atoms with Gasteiger partial charge in [-0.25, -0.2) is 0 Å². The van der Waals surface area contributed by atoms with E-state index in [9.17, 15) is 9.90 Å². The van der Waals surface area contributed by atoms with Crippen molar-refractivity contribution in [2.24, 2.45) is 0 Å². The van der Waals surface area contributed by atoms with E-state index in [1.54, 1.807) is 6.92 Å². The number of carbonyl (C=O) groups excluding carboxylic acids is 1. The smallest absolute Gasteiger partial charge is 0.308 e. The molecule has 0 amide bonds. The molecule has 0 aliphatic heterocycles. The first kappa shape index (κ1) is 14.7. The molecule has 5 nitrogen and oxygen atoms in total. The number of aryl methyl sites for hydroxylation is 1. The molecule has 0 saturated heterocycles. The van der Waals surface area contributed by atoms with E-state index >= 15 is 0 Å². The van der Waals surface area contributed by atoms with Crippen molar-refractivity contribution in [3.05, 3.63) is 23.7 Å². The molecule has 0 aliphatic carbocycles. The summed E-state index contributed by atoms with van der Waals surface area (Å²) >= 11 is 0. The van der Waals surface area contributed by atoms with Gasteiger partial charge in [0.05, 0.1) is 25.2 Å². The lowest BCUT2D eigenvalue weighted by Gasteiger charge is -2.15. The van der Waals surface area contributed by atoms with Crippen molar-refractivity contribution in [2.75, 3.05) is 13.2 Å². The van der Waals surface area contributed by atoms with Crippen LogP contribution in [0.4, 0.5) is 0 Å². The molecule has 0 radical (unpaired) electrons. The van der Waals surface area contributed by atoms with E-state index in [-0.39, 0.29) is 18.4 Å². The van der Waals surface area contributed by atoms with Crippen LogP contribution in [0.25, 0.3) is 0 Å². The van der Waals surface area contributed by atoms with E-state index in [1.165, 1.54) is 0 Å². The van der Waals surface area contributed by atoms with Crippen LogP contribution in [0.5, 0.6) is 0 Å². The van der Waals surface area contributed by atoms with Crippen molar-refractivity contribution < 1.29 is 19.1 Å². The second kappa shape index (κ2) is 7.18. The summed E-state index contributed by atoms with van der Waals surface area (Å²) in [6, 6.07) is 3.78. The van der Waals surface area contributed by atoms with E-state index in [0.717, 1.165) is 11.5 Å². The molecule has 0 bridgehead atoms. The Morgan fingerprint density at radius 1 is 1.56 bits per heavy atom. The number of carbonyl (C=O) groups is 1. The minimum absolute atomic E-state index is 0.00412. The number of nitrogens with one attached hydrogen (secondary N) is 1. The van der Waals surface area contributed by atoms with E-state index in [0.29, 0.717) is 13.2 Å². The Balaban J connectivity index is 2.29. The Hall–Kier alpha value is -1.33. The number of furan rings is 1. The van der Waals surface area contributed by atoms with E-state index in [2.05, 4.69) is 5.32 Å². The molecule has 1 aromatic rings. The lowest BCUT2D eigenvalue weighted by Crippen LogP contribution is -2.31. The molecular formula is C13H21NO4. The quantitative estimate of drug-likeness (QED) is 0.723. The maximum atomic E-state index is 11.1. The molecule has 0 aromatic carbocycles. The summed E-state index contributed by atoms with van der Waals surface area (Å²) in [7, 11) is 0. The first-order valence-corrected chi connectivity index (χ1v) is 6.16. The summed E-state index contributed by atoms with van der Waals surface area (Å²) in [5, 5.41) is 12.8. The van der Waals surface area contributed by atoms with Crippen LogP contribution in [-0.2, 0) is 9.53 Å². The van der Waals surface area contributed by atoms with E-state index in [1.807, 2.05) is 26.0 Å². The zero-order valence-electron chi connectivity index (χ0n) is 11.1. The fraction of sp³-hybridized carbons (Fsp3) is 0.615. The van der Waals surface area contributed by atoms with Gasteiger partial charge in [0, 0.05) is 6.54 Å². The number of rotatable bonds is 7. The molecule has 2 unspecified atom stereocenters. The Bertz CT molecular complexity index is 375. The minimum atomic E-state index is -0.748. The summed E-state index contributed by atoms with van der Waals surface area (Å²) in [6.07, 6.45) is -0.743. The number of aliphatic hydroxyl groups is 1. The summed E-state index contributed by atoms with van der Waals surface area (Å²) in [4.78, 5) is 11.1. The van der Waals surface area contributed by atoms with Crippen LogP contribution in [0.15, 0.2) is 16.5 Å². The van der Waals surface area contributed by atoms with Gasteiger partial charge in [-0.1, -0.05) is 0 Å². The average Bonchev–Trinajstić information content (AvgIpc) is 2.73. The number of esters is 1. The lowest BCUT2D eigenvalue weighted by molar-refractivity contribution is -0.145. The molecule has 1 heterocycles. The Kier molecular flexibility index (Phi) is 5.88. The van der Waals surface area contributed by atoms with E-state index < -0.39 is 6.10 Å². The van der Waals surface area contributed by atoms with Gasteiger partial charge in [0.15, 0.2) is 0 Å². The number of ether oxygens (including phenoxy) is 1. The Morgan fingerprint density at radius 3 is 2.83 bits per heavy atom. The normalized spacial score (nSPS) is 14.2. The molecule has 1 aromatic heterocycles. The summed E-state index contributed by atoms with van der Waals surface area (Å²) in [5.74, 6) is 1.29. The van der Waals surface area contributed by atoms with Crippen molar-refractivity contribution in [2.45, 2.75) is 39.3 Å². The van der Waals surface area contributed by atoms with Crippen LogP contribution in [0.3, 0.4) is 0 Å². The van der Waals surface area contributed by atoms with Gasteiger partial charge in [-0.2, -0.15) is 0 Å². The van der Waals surface area contributed by atoms with Gasteiger partial charge >= 0.3 is 5.97 Å². The average molecular weight is 255 g/mol. The standard InChI is InChI=1S/C13H21NO4/c1-4-17-13(16)7-11(15)8-14-10(3)12-6-5-9(2)18-12/h5-6,10-11,14-15H,4,7-8H2,1-3H3. The van der Waals surface area contributed by atoms with Crippen LogP contribution in [0.2, 0.25) is 0 Å². The molecule has 2 N–H and O–H groups in total. The van der Waals surface area contributed by atoms with Crippen molar-refractivity contribution in [1.82, 2.24) is 5.32 Å². The van der Waals surface area contributed by atoms with Gasteiger partial charge in [0.1, 0.15) is 11.5 Å². The molecule has 2 atom stereocenters. The maximum Gasteiger partial charge on any atom is 0.308 e. The third-order valence-corrected chi connectivity index (χ3v) is 2.56. The second-order valence-electron chi connectivity index (χ2n) is 4.24. The third kappa shape index (κ3) is 4.89. The number of hydrogen-bond acceptors (Lipinski definition) is 5. The number of hydrogen-bond donors (Lipinski definition) is 2. The van der Waals surface area contributed by atoms with E-state index in [4.69, 9.17) is 9.15 Å². The highest BCUT2D eigenvalue weighted by Crippen LogP contribution is 2.15. The SMILES string of the molecule is CCOC(=O)CC(O)CNC(C)c1ccc(C)o1. The highest BCUT2D eigenvalue weighted by molar-refractivity contribution is 5.69. The first-order chi connectivity index (χ1) is 8.52. The zero-order chi connectivity index (χ0) is 13.5. The first-order valence-electron chi connectivity index (χ1n) is 6.16. The van der Waals surface area contributed by atoms with Crippen molar-refractivity contribution in [1.29, 1.82) is 0 Å². The van der Waals surface area contributed by atoms with Gasteiger partial charge in [-0.3, -0.25) is 4.79 Å². The van der Waals surface area contributed by atoms with Crippen molar-refractivity contribution in [3.8, 4) is 0 Å². The summed E-state index contributed by atoms with van der Waals surface area (Å²) in [5.41, 5.74) is 0. The van der Waals surface area contributed by atoms with Gasteiger partial charge in [-0.15, -0.1) is 0 Å². The molecular weight excluding hydrogens is 234 g/mol. The molecule has 0 fully saturated rings. The maximum absolute atomic E-state index is 11.1. The van der Waals surface area contributed by atoms with Crippen LogP contribution >= 0.6 is 0 Å². The van der Waals surface area contributed by atoms with Crippen molar-refractivity contribution in [3.63, 3.8) is 0 Å². The molecule has 18 heavy (non-hydrogen) atoms. The minimum Gasteiger partial charge on any atom is -0.466 e. The fourth-order valence-corrected chi connectivity index (χ4v) is 1.58. The number of aliphatic hydroxyl groups excluding tert-OH is 1. The van der Waals surface area contributed by atoms with Gasteiger partial charge in [0.25, 0.3) is 0 Å². The predicted octanol–water partition coefficient (Wildman–Crippen LogP) is 1.55. The van der Waals surface area contributed by atoms with Gasteiger partial charge < -0.3 is 19.6 Å². The molecule has 0 spiro atoms. The molecule has 5 heteroatoms. The topological polar surface area (TPSA) is 71.7 Å².